The second-order valence-corrected chi connectivity index (χ2v) is 7.57. The summed E-state index contributed by atoms with van der Waals surface area (Å²) in [5, 5.41) is 13.3. The molecule has 1 saturated heterocycles. The first kappa shape index (κ1) is 17.8. The Morgan fingerprint density at radius 2 is 1.72 bits per heavy atom. The number of carbonyl (C=O) groups excluding carboxylic acids is 2. The van der Waals surface area contributed by atoms with Gasteiger partial charge in [0.05, 0.1) is 5.56 Å². The first-order valence-corrected chi connectivity index (χ1v) is 9.40. The highest BCUT2D eigenvalue weighted by molar-refractivity contribution is 5.97. The zero-order chi connectivity index (χ0) is 18.0. The van der Waals surface area contributed by atoms with Gasteiger partial charge in [-0.15, -0.1) is 0 Å². The zero-order valence-corrected chi connectivity index (χ0v) is 15.2. The highest BCUT2D eigenvalue weighted by atomic mass is 16.3. The average molecular weight is 344 g/mol. The van der Waals surface area contributed by atoms with Gasteiger partial charge in [0.1, 0.15) is 5.75 Å². The molecule has 1 fully saturated rings. The second kappa shape index (κ2) is 7.46. The molecule has 1 aromatic rings. The van der Waals surface area contributed by atoms with Crippen LogP contribution in [0, 0.1) is 5.92 Å². The number of phenolic OH excluding ortho intramolecular Hbond substituents is 1. The maximum Gasteiger partial charge on any atom is 0.255 e. The van der Waals surface area contributed by atoms with Crippen molar-refractivity contribution in [2.45, 2.75) is 58.4 Å². The van der Waals surface area contributed by atoms with Gasteiger partial charge in [0, 0.05) is 25.0 Å². The number of amides is 2. The Hall–Kier alpha value is -2.04. The van der Waals surface area contributed by atoms with E-state index in [0.717, 1.165) is 38.5 Å². The third-order valence-corrected chi connectivity index (χ3v) is 5.34. The minimum Gasteiger partial charge on any atom is -0.507 e. The minimum absolute atomic E-state index is 0.0126. The number of phenols is 1. The van der Waals surface area contributed by atoms with Crippen molar-refractivity contribution in [1.82, 2.24) is 10.2 Å². The van der Waals surface area contributed by atoms with Crippen molar-refractivity contribution in [3.8, 4) is 5.75 Å². The monoisotopic (exact) mass is 344 g/mol. The number of hydrogen-bond donors (Lipinski definition) is 2. The summed E-state index contributed by atoms with van der Waals surface area (Å²) in [6.45, 7) is 5.18. The topological polar surface area (TPSA) is 69.6 Å². The highest BCUT2D eigenvalue weighted by Gasteiger charge is 2.26. The van der Waals surface area contributed by atoms with Gasteiger partial charge < -0.3 is 15.3 Å². The van der Waals surface area contributed by atoms with Crippen molar-refractivity contribution in [3.63, 3.8) is 0 Å². The molecule has 0 aromatic heterocycles. The van der Waals surface area contributed by atoms with Crippen molar-refractivity contribution in [2.75, 3.05) is 13.1 Å². The fraction of sp³-hybridized carbons (Fsp3) is 0.600. The quantitative estimate of drug-likeness (QED) is 0.886. The summed E-state index contributed by atoms with van der Waals surface area (Å²) in [7, 11) is 0. The van der Waals surface area contributed by atoms with Crippen molar-refractivity contribution in [3.05, 3.63) is 28.8 Å². The summed E-state index contributed by atoms with van der Waals surface area (Å²) < 4.78 is 0. The SMILES string of the molecule is CC(C)C(=O)N1CCC(NC(=O)c2cc3c(cc2O)CCCC3)CC1. The van der Waals surface area contributed by atoms with Gasteiger partial charge in [-0.2, -0.15) is 0 Å². The van der Waals surface area contributed by atoms with Gasteiger partial charge in [-0.05, 0) is 61.8 Å². The number of nitrogens with one attached hydrogen (secondary N) is 1. The molecule has 2 aliphatic rings. The van der Waals surface area contributed by atoms with Gasteiger partial charge in [-0.1, -0.05) is 13.8 Å². The first-order valence-electron chi connectivity index (χ1n) is 9.40. The van der Waals surface area contributed by atoms with E-state index in [1.807, 2.05) is 24.8 Å². The van der Waals surface area contributed by atoms with Gasteiger partial charge in [0.15, 0.2) is 0 Å². The van der Waals surface area contributed by atoms with Gasteiger partial charge in [-0.3, -0.25) is 9.59 Å². The van der Waals surface area contributed by atoms with E-state index in [0.29, 0.717) is 18.7 Å². The number of nitrogens with zero attached hydrogens (tertiary/aromatic N) is 1. The lowest BCUT2D eigenvalue weighted by molar-refractivity contribution is -0.135. The van der Waals surface area contributed by atoms with E-state index in [-0.39, 0.29) is 29.5 Å². The van der Waals surface area contributed by atoms with Crippen LogP contribution >= 0.6 is 0 Å². The number of benzene rings is 1. The van der Waals surface area contributed by atoms with Crippen LogP contribution in [0.3, 0.4) is 0 Å². The first-order chi connectivity index (χ1) is 12.0. The van der Waals surface area contributed by atoms with Crippen LogP contribution < -0.4 is 5.32 Å². The Morgan fingerprint density at radius 3 is 2.32 bits per heavy atom. The van der Waals surface area contributed by atoms with Crippen LogP contribution in [-0.2, 0) is 17.6 Å². The van der Waals surface area contributed by atoms with Crippen LogP contribution in [0.1, 0.15) is 61.0 Å². The summed E-state index contributed by atoms with van der Waals surface area (Å²) in [5.41, 5.74) is 2.73. The molecule has 5 nitrogen and oxygen atoms in total. The molecule has 0 radical (unpaired) electrons. The Kier molecular flexibility index (Phi) is 5.30. The summed E-state index contributed by atoms with van der Waals surface area (Å²) in [6, 6.07) is 3.67. The van der Waals surface area contributed by atoms with E-state index in [4.69, 9.17) is 0 Å². The van der Waals surface area contributed by atoms with Gasteiger partial charge in [0.2, 0.25) is 5.91 Å². The van der Waals surface area contributed by atoms with Crippen LogP contribution in [0.15, 0.2) is 12.1 Å². The van der Waals surface area contributed by atoms with Gasteiger partial charge in [0.25, 0.3) is 5.91 Å². The average Bonchev–Trinajstić information content (AvgIpc) is 2.61. The van der Waals surface area contributed by atoms with Crippen LogP contribution in [0.4, 0.5) is 0 Å². The third-order valence-electron chi connectivity index (χ3n) is 5.34. The molecule has 25 heavy (non-hydrogen) atoms. The zero-order valence-electron chi connectivity index (χ0n) is 15.2. The molecule has 0 spiro atoms. The molecule has 3 rings (SSSR count). The van der Waals surface area contributed by atoms with Gasteiger partial charge >= 0.3 is 0 Å². The third kappa shape index (κ3) is 3.97. The molecular weight excluding hydrogens is 316 g/mol. The molecule has 1 aliphatic carbocycles. The Bertz CT molecular complexity index is 661. The number of rotatable bonds is 3. The Balaban J connectivity index is 1.61. The molecule has 2 amide bonds. The van der Waals surface area contributed by atoms with E-state index >= 15 is 0 Å². The molecular formula is C20H28N2O3. The molecule has 1 aromatic carbocycles. The molecule has 1 aliphatic heterocycles. The largest absolute Gasteiger partial charge is 0.507 e. The van der Waals surface area contributed by atoms with E-state index in [1.165, 1.54) is 11.1 Å². The summed E-state index contributed by atoms with van der Waals surface area (Å²) in [6.07, 6.45) is 5.76. The standard InChI is InChI=1S/C20H28N2O3/c1-13(2)20(25)22-9-7-16(8-10-22)21-19(24)17-11-14-5-3-4-6-15(14)12-18(17)23/h11-13,16,23H,3-10H2,1-2H3,(H,21,24). The van der Waals surface area contributed by atoms with Crippen molar-refractivity contribution >= 4 is 11.8 Å². The van der Waals surface area contributed by atoms with Crippen molar-refractivity contribution in [2.24, 2.45) is 5.92 Å². The normalized spacial score (nSPS) is 18.1. The number of aryl methyl sites for hydroxylation is 2. The van der Waals surface area contributed by atoms with Gasteiger partial charge in [-0.25, -0.2) is 0 Å². The number of piperidine rings is 1. The molecule has 0 bridgehead atoms. The van der Waals surface area contributed by atoms with Crippen LogP contribution in [0.2, 0.25) is 0 Å². The molecule has 5 heteroatoms. The molecule has 1 heterocycles. The lowest BCUT2D eigenvalue weighted by atomic mass is 9.89. The second-order valence-electron chi connectivity index (χ2n) is 7.57. The Labute approximate surface area is 149 Å². The Morgan fingerprint density at radius 1 is 1.12 bits per heavy atom. The number of aromatic hydroxyl groups is 1. The number of hydrogen-bond acceptors (Lipinski definition) is 3. The van der Waals surface area contributed by atoms with E-state index in [9.17, 15) is 14.7 Å². The van der Waals surface area contributed by atoms with E-state index < -0.39 is 0 Å². The predicted molar refractivity (Wildman–Crippen MR) is 96.7 cm³/mol. The van der Waals surface area contributed by atoms with Crippen LogP contribution in [0.25, 0.3) is 0 Å². The maximum absolute atomic E-state index is 12.6. The molecule has 2 N–H and O–H groups in total. The number of carbonyl (C=O) groups is 2. The fourth-order valence-electron chi connectivity index (χ4n) is 3.83. The lowest BCUT2D eigenvalue weighted by Gasteiger charge is -2.33. The lowest BCUT2D eigenvalue weighted by Crippen LogP contribution is -2.47. The summed E-state index contributed by atoms with van der Waals surface area (Å²) in [4.78, 5) is 26.5. The molecule has 0 unspecified atom stereocenters. The van der Waals surface area contributed by atoms with Crippen LogP contribution in [-0.4, -0.2) is 41.0 Å². The smallest absolute Gasteiger partial charge is 0.255 e. The molecule has 0 saturated carbocycles. The summed E-state index contributed by atoms with van der Waals surface area (Å²) >= 11 is 0. The van der Waals surface area contributed by atoms with E-state index in [1.54, 1.807) is 6.07 Å². The van der Waals surface area contributed by atoms with Crippen molar-refractivity contribution < 1.29 is 14.7 Å². The molecule has 136 valence electrons. The number of likely N-dealkylation sites (tertiary alicyclic amines) is 1. The predicted octanol–water partition coefficient (Wildman–Crippen LogP) is 2.65. The fourth-order valence-corrected chi connectivity index (χ4v) is 3.83. The number of fused-ring (bicyclic) bond motifs is 1. The molecule has 0 atom stereocenters. The maximum atomic E-state index is 12.6. The van der Waals surface area contributed by atoms with Crippen LogP contribution in [0.5, 0.6) is 5.75 Å². The van der Waals surface area contributed by atoms with E-state index in [2.05, 4.69) is 5.32 Å². The summed E-state index contributed by atoms with van der Waals surface area (Å²) in [5.74, 6) is 0.0563. The minimum atomic E-state index is -0.209. The van der Waals surface area contributed by atoms with Crippen molar-refractivity contribution in [1.29, 1.82) is 0 Å². The highest BCUT2D eigenvalue weighted by Crippen LogP contribution is 2.28.